The SMILES string of the molecule is CCOC(=O)C1C(c2ccccc2)C1c1ccc2c(c1)OC(F)(F)O2. The number of halogens is 2. The fraction of sp³-hybridized carbons (Fsp3) is 0.316. The number of fused-ring (bicyclic) bond motifs is 1. The Morgan fingerprint density at radius 3 is 2.44 bits per heavy atom. The molecule has 130 valence electrons. The Bertz CT molecular complexity index is 806. The van der Waals surface area contributed by atoms with Crippen LogP contribution in [0.2, 0.25) is 0 Å². The lowest BCUT2D eigenvalue weighted by Crippen LogP contribution is -2.25. The van der Waals surface area contributed by atoms with Crippen molar-refractivity contribution in [2.24, 2.45) is 5.92 Å². The zero-order valence-corrected chi connectivity index (χ0v) is 13.4. The standard InChI is InChI=1S/C19H16F2O4/c1-2-23-18(22)17-15(11-6-4-3-5-7-11)16(17)12-8-9-13-14(10-12)25-19(20,21)24-13/h3-10,15-17H,2H2,1H3. The van der Waals surface area contributed by atoms with E-state index in [-0.39, 0.29) is 35.2 Å². The molecule has 3 unspecified atom stereocenters. The van der Waals surface area contributed by atoms with Crippen molar-refractivity contribution in [1.82, 2.24) is 0 Å². The van der Waals surface area contributed by atoms with E-state index in [9.17, 15) is 13.6 Å². The molecule has 1 aliphatic heterocycles. The second-order valence-corrected chi connectivity index (χ2v) is 6.11. The van der Waals surface area contributed by atoms with Crippen molar-refractivity contribution in [2.45, 2.75) is 25.1 Å². The molecule has 6 heteroatoms. The first-order valence-electron chi connectivity index (χ1n) is 8.11. The van der Waals surface area contributed by atoms with Gasteiger partial charge in [0.2, 0.25) is 0 Å². The maximum Gasteiger partial charge on any atom is 0.586 e. The number of carbonyl (C=O) groups is 1. The zero-order chi connectivity index (χ0) is 17.6. The number of hydrogen-bond acceptors (Lipinski definition) is 4. The van der Waals surface area contributed by atoms with E-state index in [1.54, 1.807) is 13.0 Å². The summed E-state index contributed by atoms with van der Waals surface area (Å²) >= 11 is 0. The van der Waals surface area contributed by atoms with Crippen molar-refractivity contribution in [2.75, 3.05) is 6.61 Å². The predicted molar refractivity (Wildman–Crippen MR) is 84.7 cm³/mol. The van der Waals surface area contributed by atoms with Crippen LogP contribution in [0.15, 0.2) is 48.5 Å². The molecule has 25 heavy (non-hydrogen) atoms. The summed E-state index contributed by atoms with van der Waals surface area (Å²) < 4.78 is 40.6. The summed E-state index contributed by atoms with van der Waals surface area (Å²) in [7, 11) is 0. The Kier molecular flexibility index (Phi) is 3.63. The van der Waals surface area contributed by atoms with E-state index in [1.165, 1.54) is 12.1 Å². The fourth-order valence-corrected chi connectivity index (χ4v) is 3.52. The normalized spacial score (nSPS) is 25.5. The first-order valence-corrected chi connectivity index (χ1v) is 8.11. The summed E-state index contributed by atoms with van der Waals surface area (Å²) in [4.78, 5) is 12.3. The summed E-state index contributed by atoms with van der Waals surface area (Å²) in [5.41, 5.74) is 1.78. The summed E-state index contributed by atoms with van der Waals surface area (Å²) in [5.74, 6) is -0.791. The van der Waals surface area contributed by atoms with Gasteiger partial charge in [0.25, 0.3) is 0 Å². The minimum Gasteiger partial charge on any atom is -0.466 e. The van der Waals surface area contributed by atoms with Crippen LogP contribution in [0, 0.1) is 5.92 Å². The van der Waals surface area contributed by atoms with Crippen molar-refractivity contribution in [3.05, 3.63) is 59.7 Å². The van der Waals surface area contributed by atoms with Crippen molar-refractivity contribution >= 4 is 5.97 Å². The number of hydrogen-bond donors (Lipinski definition) is 0. The number of rotatable bonds is 4. The number of ether oxygens (including phenoxy) is 3. The van der Waals surface area contributed by atoms with Crippen LogP contribution in [0.1, 0.15) is 29.9 Å². The molecule has 0 bridgehead atoms. The van der Waals surface area contributed by atoms with Crippen molar-refractivity contribution < 1.29 is 27.8 Å². The second-order valence-electron chi connectivity index (χ2n) is 6.11. The van der Waals surface area contributed by atoms with Crippen LogP contribution < -0.4 is 9.47 Å². The van der Waals surface area contributed by atoms with E-state index in [2.05, 4.69) is 9.47 Å². The maximum absolute atomic E-state index is 13.2. The molecule has 2 aromatic carbocycles. The van der Waals surface area contributed by atoms with Gasteiger partial charge in [-0.25, -0.2) is 0 Å². The van der Waals surface area contributed by atoms with Crippen molar-refractivity contribution in [3.63, 3.8) is 0 Å². The molecule has 2 aliphatic rings. The summed E-state index contributed by atoms with van der Waals surface area (Å²) in [6.07, 6.45) is -3.65. The predicted octanol–water partition coefficient (Wildman–Crippen LogP) is 4.07. The van der Waals surface area contributed by atoms with Crippen LogP contribution in [0.5, 0.6) is 11.5 Å². The lowest BCUT2D eigenvalue weighted by molar-refractivity contribution is -0.286. The Morgan fingerprint density at radius 2 is 1.72 bits per heavy atom. The number of esters is 1. The molecule has 0 radical (unpaired) electrons. The number of benzene rings is 2. The van der Waals surface area contributed by atoms with E-state index < -0.39 is 6.29 Å². The Hall–Kier alpha value is -2.63. The highest BCUT2D eigenvalue weighted by Crippen LogP contribution is 2.61. The molecule has 1 saturated carbocycles. The van der Waals surface area contributed by atoms with Gasteiger partial charge in [-0.05, 0) is 30.2 Å². The smallest absolute Gasteiger partial charge is 0.466 e. The van der Waals surface area contributed by atoms with E-state index in [4.69, 9.17) is 4.74 Å². The molecule has 0 N–H and O–H groups in total. The average molecular weight is 346 g/mol. The second kappa shape index (κ2) is 5.72. The molecule has 4 rings (SSSR count). The Morgan fingerprint density at radius 1 is 1.04 bits per heavy atom. The first kappa shape index (κ1) is 15.9. The van der Waals surface area contributed by atoms with Gasteiger partial charge < -0.3 is 14.2 Å². The molecule has 4 nitrogen and oxygen atoms in total. The van der Waals surface area contributed by atoms with Gasteiger partial charge in [-0.2, -0.15) is 0 Å². The van der Waals surface area contributed by atoms with Crippen LogP contribution in [-0.4, -0.2) is 18.9 Å². The monoisotopic (exact) mass is 346 g/mol. The average Bonchev–Trinajstić information content (AvgIpc) is 3.25. The Balaban J connectivity index is 1.65. The number of carbonyl (C=O) groups excluding carboxylic acids is 1. The summed E-state index contributed by atoms with van der Waals surface area (Å²) in [6.45, 7) is 2.06. The molecule has 0 spiro atoms. The molecular formula is C19H16F2O4. The van der Waals surface area contributed by atoms with Crippen LogP contribution >= 0.6 is 0 Å². The van der Waals surface area contributed by atoms with Crippen molar-refractivity contribution in [1.29, 1.82) is 0 Å². The third-order valence-corrected chi connectivity index (χ3v) is 4.57. The third kappa shape index (κ3) is 2.81. The topological polar surface area (TPSA) is 44.8 Å². The quantitative estimate of drug-likeness (QED) is 0.783. The highest BCUT2D eigenvalue weighted by molar-refractivity contribution is 5.80. The molecule has 0 amide bonds. The van der Waals surface area contributed by atoms with Gasteiger partial charge in [-0.3, -0.25) is 4.79 Å². The van der Waals surface area contributed by atoms with Gasteiger partial charge >= 0.3 is 12.3 Å². The molecule has 0 saturated heterocycles. The number of alkyl halides is 2. The van der Waals surface area contributed by atoms with Gasteiger partial charge in [-0.1, -0.05) is 36.4 Å². The lowest BCUT2D eigenvalue weighted by atomic mass is 10.0. The summed E-state index contributed by atoms with van der Waals surface area (Å²) in [6, 6.07) is 14.3. The molecule has 2 aromatic rings. The van der Waals surface area contributed by atoms with Gasteiger partial charge in [-0.15, -0.1) is 8.78 Å². The zero-order valence-electron chi connectivity index (χ0n) is 13.4. The molecule has 1 heterocycles. The highest BCUT2D eigenvalue weighted by atomic mass is 19.3. The maximum atomic E-state index is 13.2. The van der Waals surface area contributed by atoms with E-state index in [0.29, 0.717) is 6.61 Å². The van der Waals surface area contributed by atoms with Gasteiger partial charge in [0.15, 0.2) is 11.5 Å². The van der Waals surface area contributed by atoms with Crippen LogP contribution in [0.3, 0.4) is 0 Å². The molecule has 3 atom stereocenters. The van der Waals surface area contributed by atoms with Crippen molar-refractivity contribution in [3.8, 4) is 11.5 Å². The van der Waals surface area contributed by atoms with Gasteiger partial charge in [0, 0.05) is 11.8 Å². The first-order chi connectivity index (χ1) is 12.0. The third-order valence-electron chi connectivity index (χ3n) is 4.57. The largest absolute Gasteiger partial charge is 0.586 e. The molecule has 0 aromatic heterocycles. The van der Waals surface area contributed by atoms with E-state index in [0.717, 1.165) is 11.1 Å². The Labute approximate surface area is 143 Å². The van der Waals surface area contributed by atoms with Crippen LogP contribution in [0.4, 0.5) is 8.78 Å². The molecule has 1 aliphatic carbocycles. The molecular weight excluding hydrogens is 330 g/mol. The lowest BCUT2D eigenvalue weighted by Gasteiger charge is -2.04. The fourth-order valence-electron chi connectivity index (χ4n) is 3.52. The summed E-state index contributed by atoms with van der Waals surface area (Å²) in [5, 5.41) is 0. The van der Waals surface area contributed by atoms with Crippen LogP contribution in [-0.2, 0) is 9.53 Å². The minimum absolute atomic E-state index is 0.00153. The van der Waals surface area contributed by atoms with Gasteiger partial charge in [0.05, 0.1) is 12.5 Å². The van der Waals surface area contributed by atoms with Gasteiger partial charge in [0.1, 0.15) is 0 Å². The van der Waals surface area contributed by atoms with E-state index in [1.807, 2.05) is 30.3 Å². The van der Waals surface area contributed by atoms with Crippen LogP contribution in [0.25, 0.3) is 0 Å². The molecule has 1 fully saturated rings. The highest BCUT2D eigenvalue weighted by Gasteiger charge is 2.57. The van der Waals surface area contributed by atoms with E-state index >= 15 is 0 Å². The minimum atomic E-state index is -3.65.